The van der Waals surface area contributed by atoms with E-state index >= 15 is 0 Å². The van der Waals surface area contributed by atoms with E-state index in [0.717, 1.165) is 0 Å². The molecule has 0 aromatic carbocycles. The van der Waals surface area contributed by atoms with E-state index in [2.05, 4.69) is 25.6 Å². The van der Waals surface area contributed by atoms with Crippen LogP contribution in [0.3, 0.4) is 0 Å². The zero-order valence-corrected chi connectivity index (χ0v) is 14.5. The fourth-order valence-corrected chi connectivity index (χ4v) is 2.07. The Bertz CT molecular complexity index is 864. The monoisotopic (exact) mass is 360 g/mol. The van der Waals surface area contributed by atoms with Crippen LogP contribution in [0.2, 0.25) is 0 Å². The molecule has 10 heteroatoms. The number of ether oxygens (including phenoxy) is 1. The second-order valence-electron chi connectivity index (χ2n) is 5.27. The lowest BCUT2D eigenvalue weighted by Gasteiger charge is -2.11. The quantitative estimate of drug-likeness (QED) is 0.545. The number of H-pyrrole nitrogens is 1. The zero-order chi connectivity index (χ0) is 19.1. The van der Waals surface area contributed by atoms with Gasteiger partial charge in [0.15, 0.2) is 0 Å². The lowest BCUT2D eigenvalue weighted by molar-refractivity contribution is 0.0526. The molecule has 0 spiro atoms. The van der Waals surface area contributed by atoms with E-state index < -0.39 is 12.0 Å². The van der Waals surface area contributed by atoms with Gasteiger partial charge in [0.05, 0.1) is 35.8 Å². The lowest BCUT2D eigenvalue weighted by Crippen LogP contribution is -2.30. The van der Waals surface area contributed by atoms with Crippen LogP contribution in [0.25, 0.3) is 0 Å². The van der Waals surface area contributed by atoms with Crippen LogP contribution in [0.5, 0.6) is 0 Å². The number of amides is 2. The van der Waals surface area contributed by atoms with E-state index in [0.29, 0.717) is 17.1 Å². The lowest BCUT2D eigenvalue weighted by atomic mass is 10.2. The predicted octanol–water partition coefficient (Wildman–Crippen LogP) is 0.430. The van der Waals surface area contributed by atoms with Gasteiger partial charge in [0.25, 0.3) is 5.56 Å². The smallest absolute Gasteiger partial charge is 0.339 e. The summed E-state index contributed by atoms with van der Waals surface area (Å²) in [5.41, 5.74) is 6.67. The highest BCUT2D eigenvalue weighted by molar-refractivity contribution is 5.94. The molecule has 138 valence electrons. The number of aromatic nitrogens is 3. The Morgan fingerprint density at radius 1 is 1.35 bits per heavy atom. The molecule has 26 heavy (non-hydrogen) atoms. The van der Waals surface area contributed by atoms with Gasteiger partial charge in [-0.1, -0.05) is 0 Å². The van der Waals surface area contributed by atoms with Crippen LogP contribution in [0.1, 0.15) is 34.5 Å². The normalized spacial score (nSPS) is 10.3. The topological polar surface area (TPSA) is 152 Å². The number of nitrogens with two attached hydrogens (primary N) is 1. The number of carbonyl (C=O) groups is 2. The van der Waals surface area contributed by atoms with Crippen molar-refractivity contribution in [2.45, 2.75) is 26.9 Å². The predicted molar refractivity (Wildman–Crippen MR) is 93.5 cm³/mol. The van der Waals surface area contributed by atoms with E-state index in [1.54, 1.807) is 13.8 Å². The number of anilines is 1. The Hall–Kier alpha value is -3.27. The molecule has 2 aromatic heterocycles. The molecule has 5 N–H and O–H groups in total. The minimum absolute atomic E-state index is 0.00104. The molecule has 2 rings (SSSR count). The minimum atomic E-state index is -0.545. The molecular weight excluding hydrogens is 340 g/mol. The van der Waals surface area contributed by atoms with Crippen molar-refractivity contribution in [1.82, 2.24) is 20.3 Å². The summed E-state index contributed by atoms with van der Waals surface area (Å²) in [5.74, 6) is -0.243. The molecule has 0 fully saturated rings. The van der Waals surface area contributed by atoms with E-state index in [9.17, 15) is 14.4 Å². The number of nitrogens with one attached hydrogen (secondary N) is 3. The molecule has 0 unspecified atom stereocenters. The summed E-state index contributed by atoms with van der Waals surface area (Å²) in [6.45, 7) is 3.75. The third-order valence-electron chi connectivity index (χ3n) is 3.32. The number of nitrogens with zero attached hydrogens (tertiary/aromatic N) is 2. The summed E-state index contributed by atoms with van der Waals surface area (Å²) < 4.78 is 4.91. The minimum Gasteiger partial charge on any atom is -0.462 e. The number of aryl methyl sites for hydroxylation is 1. The maximum atomic E-state index is 12.1. The fraction of sp³-hybridized carbons (Fsp3) is 0.312. The van der Waals surface area contributed by atoms with Crippen LogP contribution in [0.15, 0.2) is 23.1 Å². The molecule has 2 amide bonds. The van der Waals surface area contributed by atoms with Crippen LogP contribution >= 0.6 is 0 Å². The molecule has 0 radical (unpaired) electrons. The third kappa shape index (κ3) is 5.11. The van der Waals surface area contributed by atoms with Gasteiger partial charge in [0.1, 0.15) is 5.82 Å². The number of aromatic amines is 1. The maximum absolute atomic E-state index is 12.1. The average molecular weight is 360 g/mol. The first-order chi connectivity index (χ1) is 12.4. The van der Waals surface area contributed by atoms with E-state index in [1.807, 2.05) is 0 Å². The van der Waals surface area contributed by atoms with Crippen molar-refractivity contribution in [1.29, 1.82) is 0 Å². The number of pyridine rings is 1. The molecule has 0 atom stereocenters. The Morgan fingerprint density at radius 2 is 2.12 bits per heavy atom. The van der Waals surface area contributed by atoms with Crippen LogP contribution in [0, 0.1) is 6.92 Å². The van der Waals surface area contributed by atoms with E-state index in [1.165, 1.54) is 18.3 Å². The van der Waals surface area contributed by atoms with Crippen LogP contribution in [-0.2, 0) is 17.8 Å². The van der Waals surface area contributed by atoms with Crippen LogP contribution in [0.4, 0.5) is 10.5 Å². The first-order valence-corrected chi connectivity index (χ1v) is 7.90. The van der Waals surface area contributed by atoms with Gasteiger partial charge in [-0.2, -0.15) is 0 Å². The first-order valence-electron chi connectivity index (χ1n) is 7.90. The fourth-order valence-electron chi connectivity index (χ4n) is 2.07. The number of carbonyl (C=O) groups excluding carboxylic acids is 2. The number of urea groups is 1. The highest BCUT2D eigenvalue weighted by atomic mass is 16.5. The second kappa shape index (κ2) is 8.72. The van der Waals surface area contributed by atoms with Crippen LogP contribution in [-0.4, -0.2) is 33.6 Å². The van der Waals surface area contributed by atoms with Gasteiger partial charge in [-0.25, -0.2) is 14.6 Å². The summed E-state index contributed by atoms with van der Waals surface area (Å²) in [5, 5.41) is 5.16. The van der Waals surface area contributed by atoms with Crippen molar-refractivity contribution in [3.8, 4) is 0 Å². The Labute approximate surface area is 149 Å². The summed E-state index contributed by atoms with van der Waals surface area (Å²) >= 11 is 0. The highest BCUT2D eigenvalue weighted by Gasteiger charge is 2.12. The third-order valence-corrected chi connectivity index (χ3v) is 3.32. The molecule has 0 saturated carbocycles. The van der Waals surface area contributed by atoms with Crippen molar-refractivity contribution in [2.75, 3.05) is 11.9 Å². The average Bonchev–Trinajstić information content (AvgIpc) is 2.61. The Morgan fingerprint density at radius 3 is 2.81 bits per heavy atom. The number of hydrogen-bond acceptors (Lipinski definition) is 7. The number of hydrogen-bond donors (Lipinski definition) is 4. The largest absolute Gasteiger partial charge is 0.462 e. The van der Waals surface area contributed by atoms with Gasteiger partial charge in [0, 0.05) is 18.8 Å². The van der Waals surface area contributed by atoms with Crippen molar-refractivity contribution < 1.29 is 14.3 Å². The summed E-state index contributed by atoms with van der Waals surface area (Å²) in [7, 11) is 0. The molecule has 0 aliphatic heterocycles. The Kier molecular flexibility index (Phi) is 6.39. The summed E-state index contributed by atoms with van der Waals surface area (Å²) in [6.07, 6.45) is 1.38. The Balaban J connectivity index is 2.03. The van der Waals surface area contributed by atoms with E-state index in [-0.39, 0.29) is 36.6 Å². The molecule has 0 bridgehead atoms. The molecule has 0 saturated heterocycles. The van der Waals surface area contributed by atoms with Gasteiger partial charge in [0.2, 0.25) is 0 Å². The number of rotatable bonds is 6. The second-order valence-corrected chi connectivity index (χ2v) is 5.27. The maximum Gasteiger partial charge on any atom is 0.339 e. The highest BCUT2D eigenvalue weighted by Crippen LogP contribution is 2.15. The first kappa shape index (κ1) is 19.1. The molecule has 10 nitrogen and oxygen atoms in total. The van der Waals surface area contributed by atoms with Crippen molar-refractivity contribution in [2.24, 2.45) is 5.73 Å². The van der Waals surface area contributed by atoms with Gasteiger partial charge in [-0.05, 0) is 19.9 Å². The van der Waals surface area contributed by atoms with Gasteiger partial charge >= 0.3 is 12.0 Å². The van der Waals surface area contributed by atoms with Gasteiger partial charge in [-0.3, -0.25) is 9.78 Å². The van der Waals surface area contributed by atoms with Gasteiger partial charge < -0.3 is 26.1 Å². The molecule has 2 aromatic rings. The molecule has 2 heterocycles. The van der Waals surface area contributed by atoms with Crippen molar-refractivity contribution in [3.63, 3.8) is 0 Å². The summed E-state index contributed by atoms with van der Waals surface area (Å²) in [4.78, 5) is 46.0. The van der Waals surface area contributed by atoms with Crippen LogP contribution < -0.4 is 21.9 Å². The zero-order valence-electron chi connectivity index (χ0n) is 14.5. The van der Waals surface area contributed by atoms with Gasteiger partial charge in [-0.15, -0.1) is 0 Å². The van der Waals surface area contributed by atoms with Crippen molar-refractivity contribution in [3.05, 3.63) is 51.5 Å². The molecule has 0 aliphatic carbocycles. The van der Waals surface area contributed by atoms with Crippen molar-refractivity contribution >= 4 is 17.7 Å². The summed E-state index contributed by atoms with van der Waals surface area (Å²) in [6, 6.07) is 2.23. The SMILES string of the molecule is CCOC(=O)c1cnc(C)c(NC(=O)NCc2nc(CN)cc(=O)[nH]2)c1. The standard InChI is InChI=1S/C16H20N6O4/c1-3-26-15(24)10-4-12(9(2)18-7-10)21-16(25)19-8-13-20-11(6-17)5-14(23)22-13/h4-5,7H,3,6,8,17H2,1-2H3,(H2,19,21,25)(H,20,22,23). The van der Waals surface area contributed by atoms with E-state index in [4.69, 9.17) is 10.5 Å². The molecule has 0 aliphatic rings. The number of esters is 1. The molecular formula is C16H20N6O4.